The number of hydrogen-bond donors (Lipinski definition) is 2. The van der Waals surface area contributed by atoms with Gasteiger partial charge in [0.15, 0.2) is 5.16 Å². The number of primary amides is 1. The van der Waals surface area contributed by atoms with Crippen LogP contribution in [0.4, 0.5) is 0 Å². The van der Waals surface area contributed by atoms with Gasteiger partial charge in [0.1, 0.15) is 12.4 Å². The Hall–Kier alpha value is -1.57. The van der Waals surface area contributed by atoms with E-state index in [0.717, 1.165) is 25.1 Å². The first-order valence-corrected chi connectivity index (χ1v) is 9.66. The quantitative estimate of drug-likeness (QED) is 0.723. The number of nitrogens with one attached hydrogen (secondary N) is 1. The molecule has 0 bridgehead atoms. The van der Waals surface area contributed by atoms with Gasteiger partial charge in [0.2, 0.25) is 11.8 Å². The second-order valence-electron chi connectivity index (χ2n) is 6.89. The number of rotatable bonds is 7. The number of thioether (sulfide) groups is 1. The highest BCUT2D eigenvalue weighted by atomic mass is 32.2. The van der Waals surface area contributed by atoms with Crippen molar-refractivity contribution in [2.24, 2.45) is 11.7 Å². The van der Waals surface area contributed by atoms with E-state index in [-0.39, 0.29) is 24.2 Å². The standard InChI is InChI=1S/C16H25N5O2S/c1-10-4-2-3-5-12(10)18-14(23)9-24-16-20-19-15(11-6-7-11)21(16)8-13(17)22/h10-12H,2-9H2,1H3,(H2,17,22)(H,18,23)/t10-,12-/m1/s1. The number of nitrogens with zero attached hydrogens (tertiary/aromatic N) is 3. The van der Waals surface area contributed by atoms with Gasteiger partial charge in [-0.2, -0.15) is 0 Å². The summed E-state index contributed by atoms with van der Waals surface area (Å²) in [5, 5.41) is 12.1. The molecule has 1 heterocycles. The molecule has 0 aromatic carbocycles. The van der Waals surface area contributed by atoms with Gasteiger partial charge in [-0.05, 0) is 31.6 Å². The highest BCUT2D eigenvalue weighted by Gasteiger charge is 2.31. The fourth-order valence-electron chi connectivity index (χ4n) is 3.26. The van der Waals surface area contributed by atoms with E-state index >= 15 is 0 Å². The summed E-state index contributed by atoms with van der Waals surface area (Å²) in [6.45, 7) is 2.27. The predicted molar refractivity (Wildman–Crippen MR) is 91.5 cm³/mol. The molecule has 1 aromatic heterocycles. The summed E-state index contributed by atoms with van der Waals surface area (Å²) in [5.41, 5.74) is 5.33. The second kappa shape index (κ2) is 7.55. The number of nitrogens with two attached hydrogens (primary N) is 1. The van der Waals surface area contributed by atoms with Crippen LogP contribution in [0.5, 0.6) is 0 Å². The van der Waals surface area contributed by atoms with Crippen molar-refractivity contribution in [3.8, 4) is 0 Å². The maximum Gasteiger partial charge on any atom is 0.237 e. The van der Waals surface area contributed by atoms with Crippen molar-refractivity contribution < 1.29 is 9.59 Å². The summed E-state index contributed by atoms with van der Waals surface area (Å²) >= 11 is 1.32. The molecular weight excluding hydrogens is 326 g/mol. The average Bonchev–Trinajstić information content (AvgIpc) is 3.30. The molecule has 2 amide bonds. The van der Waals surface area contributed by atoms with E-state index in [2.05, 4.69) is 22.4 Å². The molecule has 8 heteroatoms. The van der Waals surface area contributed by atoms with E-state index in [1.165, 1.54) is 31.0 Å². The molecule has 2 aliphatic rings. The van der Waals surface area contributed by atoms with Gasteiger partial charge in [0, 0.05) is 12.0 Å². The second-order valence-corrected chi connectivity index (χ2v) is 7.83. The molecule has 7 nitrogen and oxygen atoms in total. The third kappa shape index (κ3) is 4.28. The molecule has 132 valence electrons. The fourth-order valence-corrected chi connectivity index (χ4v) is 4.02. The van der Waals surface area contributed by atoms with Gasteiger partial charge >= 0.3 is 0 Å². The Labute approximate surface area is 146 Å². The lowest BCUT2D eigenvalue weighted by atomic mass is 9.86. The smallest absolute Gasteiger partial charge is 0.237 e. The topological polar surface area (TPSA) is 103 Å². The SMILES string of the molecule is C[C@@H]1CCCC[C@H]1NC(=O)CSc1nnc(C2CC2)n1CC(N)=O. The molecule has 1 aromatic rings. The fraction of sp³-hybridized carbons (Fsp3) is 0.750. The minimum Gasteiger partial charge on any atom is -0.368 e. The van der Waals surface area contributed by atoms with E-state index in [4.69, 9.17) is 5.73 Å². The summed E-state index contributed by atoms with van der Waals surface area (Å²) in [6.07, 6.45) is 6.81. The van der Waals surface area contributed by atoms with E-state index < -0.39 is 5.91 Å². The van der Waals surface area contributed by atoms with Gasteiger partial charge < -0.3 is 11.1 Å². The van der Waals surface area contributed by atoms with Gasteiger partial charge in [0.05, 0.1) is 5.75 Å². The summed E-state index contributed by atoms with van der Waals surface area (Å²) < 4.78 is 1.77. The van der Waals surface area contributed by atoms with Crippen LogP contribution in [0.1, 0.15) is 57.2 Å². The van der Waals surface area contributed by atoms with Crippen LogP contribution in [0.25, 0.3) is 0 Å². The molecule has 0 saturated heterocycles. The predicted octanol–water partition coefficient (Wildman–Crippen LogP) is 1.43. The Kier molecular flexibility index (Phi) is 5.43. The molecule has 0 radical (unpaired) electrons. The van der Waals surface area contributed by atoms with E-state index in [9.17, 15) is 9.59 Å². The Balaban J connectivity index is 1.57. The minimum absolute atomic E-state index is 0.0142. The summed E-state index contributed by atoms with van der Waals surface area (Å²) in [7, 11) is 0. The van der Waals surface area contributed by atoms with E-state index in [0.29, 0.717) is 17.0 Å². The van der Waals surface area contributed by atoms with Gasteiger partial charge in [-0.25, -0.2) is 0 Å². The summed E-state index contributed by atoms with van der Waals surface area (Å²) in [4.78, 5) is 23.5. The zero-order chi connectivity index (χ0) is 17.1. The molecule has 0 aliphatic heterocycles. The molecule has 3 N–H and O–H groups in total. The normalized spacial score (nSPS) is 23.9. The average molecular weight is 351 g/mol. The monoisotopic (exact) mass is 351 g/mol. The molecule has 0 unspecified atom stereocenters. The number of aromatic nitrogens is 3. The third-order valence-electron chi connectivity index (χ3n) is 4.79. The summed E-state index contributed by atoms with van der Waals surface area (Å²) in [5.74, 6) is 1.61. The van der Waals surface area contributed by atoms with Gasteiger partial charge in [-0.1, -0.05) is 31.5 Å². The minimum atomic E-state index is -0.418. The lowest BCUT2D eigenvalue weighted by Gasteiger charge is -2.29. The molecule has 0 spiro atoms. The first kappa shape index (κ1) is 17.3. The summed E-state index contributed by atoms with van der Waals surface area (Å²) in [6, 6.07) is 0.275. The van der Waals surface area contributed by atoms with Crippen molar-refractivity contribution in [3.05, 3.63) is 5.82 Å². The number of carbonyl (C=O) groups is 2. The van der Waals surface area contributed by atoms with Crippen LogP contribution >= 0.6 is 11.8 Å². The van der Waals surface area contributed by atoms with Gasteiger partial charge in [0.25, 0.3) is 0 Å². The molecule has 2 fully saturated rings. The van der Waals surface area contributed by atoms with Gasteiger partial charge in [-0.3, -0.25) is 14.2 Å². The van der Waals surface area contributed by atoms with Crippen molar-refractivity contribution >= 4 is 23.6 Å². The molecule has 24 heavy (non-hydrogen) atoms. The third-order valence-corrected chi connectivity index (χ3v) is 5.76. The van der Waals surface area contributed by atoms with E-state index in [1.54, 1.807) is 4.57 Å². The highest BCUT2D eigenvalue weighted by Crippen LogP contribution is 2.40. The first-order valence-electron chi connectivity index (χ1n) is 8.68. The molecular formula is C16H25N5O2S. The lowest BCUT2D eigenvalue weighted by molar-refractivity contribution is -0.120. The zero-order valence-electron chi connectivity index (χ0n) is 14.0. The maximum absolute atomic E-state index is 12.2. The van der Waals surface area contributed by atoms with Crippen LogP contribution in [0.2, 0.25) is 0 Å². The highest BCUT2D eigenvalue weighted by molar-refractivity contribution is 7.99. The number of hydrogen-bond acceptors (Lipinski definition) is 5. The Morgan fingerprint density at radius 3 is 2.67 bits per heavy atom. The molecule has 2 saturated carbocycles. The van der Waals surface area contributed by atoms with Crippen molar-refractivity contribution in [3.63, 3.8) is 0 Å². The van der Waals surface area contributed by atoms with Gasteiger partial charge in [-0.15, -0.1) is 10.2 Å². The lowest BCUT2D eigenvalue weighted by Crippen LogP contribution is -2.41. The largest absolute Gasteiger partial charge is 0.368 e. The molecule has 2 aliphatic carbocycles. The number of carbonyl (C=O) groups excluding carboxylic acids is 2. The van der Waals surface area contributed by atoms with Crippen molar-refractivity contribution in [1.82, 2.24) is 20.1 Å². The Morgan fingerprint density at radius 1 is 1.25 bits per heavy atom. The first-order chi connectivity index (χ1) is 11.5. The number of amides is 2. The molecule has 3 rings (SSSR count). The maximum atomic E-state index is 12.2. The van der Waals surface area contributed by atoms with Crippen LogP contribution in [0.3, 0.4) is 0 Å². The molecule has 2 atom stereocenters. The van der Waals surface area contributed by atoms with Crippen molar-refractivity contribution in [1.29, 1.82) is 0 Å². The van der Waals surface area contributed by atoms with E-state index in [1.807, 2.05) is 0 Å². The van der Waals surface area contributed by atoms with Crippen LogP contribution in [0, 0.1) is 5.92 Å². The van der Waals surface area contributed by atoms with Crippen LogP contribution in [-0.2, 0) is 16.1 Å². The zero-order valence-corrected chi connectivity index (χ0v) is 14.8. The van der Waals surface area contributed by atoms with Crippen molar-refractivity contribution in [2.75, 3.05) is 5.75 Å². The van der Waals surface area contributed by atoms with Crippen LogP contribution in [0.15, 0.2) is 5.16 Å². The van der Waals surface area contributed by atoms with Crippen molar-refractivity contribution in [2.45, 2.75) is 69.1 Å². The van der Waals surface area contributed by atoms with Crippen LogP contribution < -0.4 is 11.1 Å². The Bertz CT molecular complexity index is 614. The van der Waals surface area contributed by atoms with Crippen LogP contribution in [-0.4, -0.2) is 38.4 Å². The Morgan fingerprint density at radius 2 is 2.00 bits per heavy atom.